The third-order valence-corrected chi connectivity index (χ3v) is 20.7. The lowest BCUT2D eigenvalue weighted by atomic mass is 9.84. The Morgan fingerprint density at radius 1 is 0.593 bits per heavy atom. The van der Waals surface area contributed by atoms with Crippen LogP contribution >= 0.6 is 0 Å². The molecule has 2 N–H and O–H groups in total. The normalized spacial score (nSPS) is 23.9. The van der Waals surface area contributed by atoms with Gasteiger partial charge in [0, 0.05) is 26.0 Å². The fourth-order valence-electron chi connectivity index (χ4n) is 7.50. The summed E-state index contributed by atoms with van der Waals surface area (Å²) >= 11 is 0. The molecule has 1 aliphatic carbocycles. The van der Waals surface area contributed by atoms with Gasteiger partial charge in [0.1, 0.15) is 24.4 Å². The molecule has 59 heavy (non-hydrogen) atoms. The van der Waals surface area contributed by atoms with Crippen LogP contribution in [0.2, 0.25) is 22.2 Å². The van der Waals surface area contributed by atoms with Crippen LogP contribution in [0.25, 0.3) is 12.2 Å². The first-order valence-electron chi connectivity index (χ1n) is 19.6. The Labute approximate surface area is 348 Å². The number of esters is 4. The number of benzene rings is 2. The van der Waals surface area contributed by atoms with E-state index in [2.05, 4.69) is 0 Å². The van der Waals surface area contributed by atoms with Gasteiger partial charge in [-0.2, -0.15) is 0 Å². The van der Waals surface area contributed by atoms with E-state index in [1.807, 2.05) is 55.4 Å². The molecule has 2 aromatic carbocycles. The zero-order valence-corrected chi connectivity index (χ0v) is 37.7. The second-order valence-corrected chi connectivity index (χ2v) is 24.6. The number of rotatable bonds is 14. The van der Waals surface area contributed by atoms with Crippen molar-refractivity contribution in [2.75, 3.05) is 14.2 Å². The number of hydrogen-bond donors (Lipinski definition) is 2. The lowest BCUT2D eigenvalue weighted by molar-refractivity contribution is -0.232. The minimum atomic E-state index is -3.30. The van der Waals surface area contributed by atoms with Gasteiger partial charge in [0.2, 0.25) is 0 Å². The average molecular weight is 859 g/mol. The van der Waals surface area contributed by atoms with Crippen molar-refractivity contribution in [3.63, 3.8) is 0 Å². The van der Waals surface area contributed by atoms with Gasteiger partial charge in [-0.25, -0.2) is 9.59 Å². The molecule has 324 valence electrons. The maximum absolute atomic E-state index is 13.6. The molecule has 2 aliphatic rings. The van der Waals surface area contributed by atoms with Gasteiger partial charge in [0.25, 0.3) is 0 Å². The number of methoxy groups -OCH3 is 2. The summed E-state index contributed by atoms with van der Waals surface area (Å²) in [6, 6.07) is 9.26. The second-order valence-electron chi connectivity index (χ2n) is 15.8. The molecular weight excluding hydrogens is 801 g/mol. The predicted molar refractivity (Wildman–Crippen MR) is 221 cm³/mol. The Bertz CT molecular complexity index is 1740. The van der Waals surface area contributed by atoms with E-state index in [1.54, 1.807) is 24.3 Å². The van der Waals surface area contributed by atoms with Crippen molar-refractivity contribution in [2.24, 2.45) is 0 Å². The van der Waals surface area contributed by atoms with Crippen molar-refractivity contribution in [3.8, 4) is 23.0 Å². The van der Waals surface area contributed by atoms with Crippen molar-refractivity contribution in [1.29, 1.82) is 0 Å². The first-order chi connectivity index (χ1) is 27.7. The molecule has 1 heterocycles. The summed E-state index contributed by atoms with van der Waals surface area (Å²) in [5, 5.41) is 24.5. The maximum Gasteiger partial charge on any atom is 0.335 e. The van der Waals surface area contributed by atoms with E-state index in [9.17, 15) is 29.4 Å². The first kappa shape index (κ1) is 47.3. The number of aliphatic hydroxyl groups is 2. The molecule has 0 bridgehead atoms. The molecule has 0 aromatic heterocycles. The van der Waals surface area contributed by atoms with Crippen LogP contribution in [0.5, 0.6) is 23.0 Å². The first-order valence-corrected chi connectivity index (χ1v) is 23.6. The van der Waals surface area contributed by atoms with Gasteiger partial charge in [-0.15, -0.1) is 0 Å². The van der Waals surface area contributed by atoms with Crippen LogP contribution in [-0.4, -0.2) is 102 Å². The molecule has 0 radical (unpaired) electrons. The summed E-state index contributed by atoms with van der Waals surface area (Å²) in [5.41, 5.74) is 0.498. The fraction of sp³-hybridized carbons (Fsp3) is 0.524. The van der Waals surface area contributed by atoms with Crippen molar-refractivity contribution in [3.05, 3.63) is 59.7 Å². The molecule has 1 aliphatic heterocycles. The minimum Gasteiger partial charge on any atom is -0.493 e. The van der Waals surface area contributed by atoms with E-state index in [-0.39, 0.29) is 45.2 Å². The molecule has 17 heteroatoms. The van der Waals surface area contributed by atoms with Crippen LogP contribution in [0.3, 0.4) is 0 Å². The molecule has 1 saturated carbocycles. The Kier molecular flexibility index (Phi) is 15.9. The van der Waals surface area contributed by atoms with E-state index in [4.69, 9.17) is 41.4 Å². The van der Waals surface area contributed by atoms with E-state index in [0.717, 1.165) is 12.2 Å². The van der Waals surface area contributed by atoms with Crippen molar-refractivity contribution < 1.29 is 70.8 Å². The second kappa shape index (κ2) is 19.8. The standard InChI is InChI=1S/C42H58O15Si2/c1-23(2)58(24(3)4)55-41-37(47)39(53-35(45)19-15-29-13-17-31(51-27(9)43)33(21-29)49-11)40(38(48)42(41)56-59(57-58,25(5)6)26(7)8)54-36(46)20-16-30-14-18-32(52-28(10)44)34(22-30)50-12/h13-26,37-42,47-48H,1-12H3/b19-15+,20-16+/t37-,38+,39-,40-,41+,42+/m0/s1. The summed E-state index contributed by atoms with van der Waals surface area (Å²) in [6.45, 7) is 18.5. The zero-order chi connectivity index (χ0) is 44.0. The van der Waals surface area contributed by atoms with E-state index < -0.39 is 77.6 Å². The molecular formula is C42H58O15Si2. The smallest absolute Gasteiger partial charge is 0.335 e. The topological polar surface area (TPSA) is 192 Å². The van der Waals surface area contributed by atoms with Gasteiger partial charge in [0.05, 0.1) is 14.2 Å². The van der Waals surface area contributed by atoms with Crippen molar-refractivity contribution >= 4 is 53.2 Å². The lowest BCUT2D eigenvalue weighted by Gasteiger charge is -2.47. The summed E-state index contributed by atoms with van der Waals surface area (Å²) in [7, 11) is -3.79. The highest BCUT2D eigenvalue weighted by molar-refractivity contribution is 6.84. The lowest BCUT2D eigenvalue weighted by Crippen LogP contribution is -2.68. The van der Waals surface area contributed by atoms with Crippen molar-refractivity contribution in [2.45, 2.75) is 128 Å². The number of aliphatic hydroxyl groups excluding tert-OH is 2. The van der Waals surface area contributed by atoms with Crippen LogP contribution in [0.1, 0.15) is 80.4 Å². The molecule has 0 amide bonds. The Morgan fingerprint density at radius 3 is 1.22 bits per heavy atom. The Hall–Kier alpha value is -4.37. The highest BCUT2D eigenvalue weighted by Crippen LogP contribution is 2.50. The van der Waals surface area contributed by atoms with Crippen molar-refractivity contribution in [1.82, 2.24) is 0 Å². The van der Waals surface area contributed by atoms with Crippen LogP contribution in [0, 0.1) is 0 Å². The number of fused-ring (bicyclic) bond motifs is 1. The molecule has 6 atom stereocenters. The summed E-state index contributed by atoms with van der Waals surface area (Å²) in [4.78, 5) is 50.2. The maximum atomic E-state index is 13.6. The number of carbonyl (C=O) groups excluding carboxylic acids is 4. The van der Waals surface area contributed by atoms with Crippen LogP contribution in [0.4, 0.5) is 0 Å². The molecule has 1 saturated heterocycles. The SMILES string of the molecule is COc1cc(/C=C/C(=O)O[C@H]2[C@H](O)[C@H]3O[Si](C(C)C)(C(C)C)O[Si](C(C)C)(C(C)C)O[C@@H]3[C@H](O)[C@@H]2OC(=O)/C=C/c2ccc(OC(C)=O)c(OC)c2)ccc1OC(C)=O. The van der Waals surface area contributed by atoms with Crippen LogP contribution in [-0.2, 0) is 41.6 Å². The largest absolute Gasteiger partial charge is 0.493 e. The summed E-state index contributed by atoms with van der Waals surface area (Å²) in [6.07, 6.45) is -4.00. The van der Waals surface area contributed by atoms with Gasteiger partial charge in [0.15, 0.2) is 35.2 Å². The fourth-order valence-corrected chi connectivity index (χ4v) is 18.8. The van der Waals surface area contributed by atoms with E-state index in [1.165, 1.54) is 52.4 Å². The molecule has 15 nitrogen and oxygen atoms in total. The average Bonchev–Trinajstić information content (AvgIpc) is 3.35. The number of hydrogen-bond acceptors (Lipinski definition) is 15. The van der Waals surface area contributed by atoms with Crippen LogP contribution < -0.4 is 18.9 Å². The van der Waals surface area contributed by atoms with E-state index >= 15 is 0 Å². The Balaban J connectivity index is 1.75. The third-order valence-electron chi connectivity index (χ3n) is 10.4. The number of ether oxygens (including phenoxy) is 6. The monoisotopic (exact) mass is 858 g/mol. The zero-order valence-electron chi connectivity index (χ0n) is 35.7. The summed E-state index contributed by atoms with van der Waals surface area (Å²) in [5.74, 6) is -2.10. The minimum absolute atomic E-state index is 0.117. The van der Waals surface area contributed by atoms with Gasteiger partial charge in [-0.3, -0.25) is 9.59 Å². The van der Waals surface area contributed by atoms with Crippen LogP contribution in [0.15, 0.2) is 48.6 Å². The molecule has 0 spiro atoms. The van der Waals surface area contributed by atoms with Gasteiger partial charge < -0.3 is 51.6 Å². The van der Waals surface area contributed by atoms with E-state index in [0.29, 0.717) is 11.1 Å². The highest BCUT2D eigenvalue weighted by Gasteiger charge is 2.66. The molecule has 0 unspecified atom stereocenters. The van der Waals surface area contributed by atoms with Gasteiger partial charge >= 0.3 is 41.0 Å². The summed E-state index contributed by atoms with van der Waals surface area (Å²) < 4.78 is 53.8. The molecule has 4 rings (SSSR count). The molecule has 2 fully saturated rings. The highest BCUT2D eigenvalue weighted by atomic mass is 28.5. The Morgan fingerprint density at radius 2 is 0.932 bits per heavy atom. The third kappa shape index (κ3) is 10.7. The van der Waals surface area contributed by atoms with Gasteiger partial charge in [-0.1, -0.05) is 67.5 Å². The quantitative estimate of drug-likeness (QED) is 0.0949. The molecule has 2 aromatic rings. The predicted octanol–water partition coefficient (Wildman–Crippen LogP) is 6.17. The van der Waals surface area contributed by atoms with Gasteiger partial charge in [-0.05, 0) is 69.7 Å². The number of carbonyl (C=O) groups is 4.